The molecule has 1 aromatic carbocycles. The van der Waals surface area contributed by atoms with Gasteiger partial charge in [0.25, 0.3) is 5.91 Å². The van der Waals surface area contributed by atoms with Gasteiger partial charge in [-0.15, -0.1) is 0 Å². The molecule has 1 heterocycles. The number of amides is 2. The summed E-state index contributed by atoms with van der Waals surface area (Å²) >= 11 is 1.39. The van der Waals surface area contributed by atoms with Gasteiger partial charge in [0.15, 0.2) is 5.78 Å². The monoisotopic (exact) mass is 509 g/mol. The Hall–Kier alpha value is -3.51. The average molecular weight is 510 g/mol. The maximum absolute atomic E-state index is 13.1. The first-order valence-corrected chi connectivity index (χ1v) is 13.1. The Morgan fingerprint density at radius 1 is 1.11 bits per heavy atom. The number of imide groups is 1. The number of nitriles is 1. The number of hydrogen-bond acceptors (Lipinski definition) is 8. The molecule has 0 saturated heterocycles. The summed E-state index contributed by atoms with van der Waals surface area (Å²) in [6.07, 6.45) is 4.73. The minimum absolute atomic E-state index is 0.0577. The van der Waals surface area contributed by atoms with E-state index in [0.29, 0.717) is 34.6 Å². The van der Waals surface area contributed by atoms with Gasteiger partial charge >= 0.3 is 5.97 Å². The summed E-state index contributed by atoms with van der Waals surface area (Å²) in [5.74, 6) is -1.22. The van der Waals surface area contributed by atoms with Crippen LogP contribution in [0.2, 0.25) is 0 Å². The molecule has 0 aliphatic rings. The number of thioether (sulfide) groups is 1. The van der Waals surface area contributed by atoms with Crippen molar-refractivity contribution >= 4 is 35.3 Å². The van der Waals surface area contributed by atoms with E-state index >= 15 is 0 Å². The number of carbonyl (C=O) groups is 4. The summed E-state index contributed by atoms with van der Waals surface area (Å²) in [5, 5.41) is 8.99. The molecule has 0 radical (unpaired) electrons. The van der Waals surface area contributed by atoms with Crippen molar-refractivity contribution in [2.45, 2.75) is 39.5 Å². The largest absolute Gasteiger partial charge is 0.466 e. The van der Waals surface area contributed by atoms with E-state index in [9.17, 15) is 19.2 Å². The maximum atomic E-state index is 13.1. The van der Waals surface area contributed by atoms with Crippen LogP contribution in [0.15, 0.2) is 48.8 Å². The third-order valence-corrected chi connectivity index (χ3v) is 6.47. The van der Waals surface area contributed by atoms with E-state index in [1.807, 2.05) is 13.0 Å². The van der Waals surface area contributed by atoms with Crippen LogP contribution in [0, 0.1) is 17.2 Å². The molecule has 9 heteroatoms. The molecular formula is C27H31N3O5S. The van der Waals surface area contributed by atoms with Crippen molar-refractivity contribution in [2.75, 3.05) is 24.7 Å². The van der Waals surface area contributed by atoms with Gasteiger partial charge in [-0.1, -0.05) is 13.3 Å². The molecule has 8 nitrogen and oxygen atoms in total. The fourth-order valence-electron chi connectivity index (χ4n) is 3.42. The molecule has 1 unspecified atom stereocenters. The minimum Gasteiger partial charge on any atom is -0.466 e. The van der Waals surface area contributed by atoms with Crippen LogP contribution in [0.1, 0.15) is 65.8 Å². The van der Waals surface area contributed by atoms with Crippen molar-refractivity contribution < 1.29 is 23.9 Å². The molecule has 0 bridgehead atoms. The van der Waals surface area contributed by atoms with Gasteiger partial charge in [0, 0.05) is 53.9 Å². The van der Waals surface area contributed by atoms with Crippen LogP contribution >= 0.6 is 11.8 Å². The minimum atomic E-state index is -0.614. The Bertz CT molecular complexity index is 1070. The molecule has 1 atom stereocenters. The second kappa shape index (κ2) is 15.5. The fraction of sp³-hybridized carbons (Fsp3) is 0.407. The van der Waals surface area contributed by atoms with Crippen LogP contribution in [-0.2, 0) is 14.3 Å². The second-order valence-electron chi connectivity index (χ2n) is 8.03. The molecule has 0 saturated carbocycles. The van der Waals surface area contributed by atoms with Crippen LogP contribution < -0.4 is 0 Å². The van der Waals surface area contributed by atoms with E-state index in [1.54, 1.807) is 37.4 Å². The van der Waals surface area contributed by atoms with Crippen LogP contribution in [0.3, 0.4) is 0 Å². The summed E-state index contributed by atoms with van der Waals surface area (Å²) < 4.78 is 5.04. The van der Waals surface area contributed by atoms with Crippen molar-refractivity contribution in [3.8, 4) is 6.07 Å². The number of esters is 1. The van der Waals surface area contributed by atoms with Crippen LogP contribution in [0.4, 0.5) is 0 Å². The number of ether oxygens (including phenoxy) is 1. The summed E-state index contributed by atoms with van der Waals surface area (Å²) in [6.45, 7) is 4.07. The Balaban J connectivity index is 2.07. The number of carbonyl (C=O) groups excluding carboxylic acids is 4. The number of pyridine rings is 1. The maximum Gasteiger partial charge on any atom is 0.306 e. The normalized spacial score (nSPS) is 11.2. The molecule has 0 N–H and O–H groups in total. The Morgan fingerprint density at radius 2 is 1.86 bits per heavy atom. The number of unbranched alkanes of at least 4 members (excludes halogenated alkanes) is 1. The zero-order chi connectivity index (χ0) is 26.3. The number of ketones is 1. The highest BCUT2D eigenvalue weighted by molar-refractivity contribution is 7.99. The zero-order valence-corrected chi connectivity index (χ0v) is 21.5. The molecule has 1 aromatic heterocycles. The van der Waals surface area contributed by atoms with Gasteiger partial charge in [0.2, 0.25) is 5.91 Å². The summed E-state index contributed by atoms with van der Waals surface area (Å²) in [4.78, 5) is 56.2. The Labute approximate surface area is 216 Å². The zero-order valence-electron chi connectivity index (χ0n) is 20.6. The number of rotatable bonds is 14. The predicted octanol–water partition coefficient (Wildman–Crippen LogP) is 4.30. The first kappa shape index (κ1) is 28.7. The first-order chi connectivity index (χ1) is 17.4. The number of aromatic nitrogens is 1. The Kier molecular flexibility index (Phi) is 12.4. The second-order valence-corrected chi connectivity index (χ2v) is 9.18. The van der Waals surface area contributed by atoms with Crippen LogP contribution in [0.25, 0.3) is 0 Å². The lowest BCUT2D eigenvalue weighted by Crippen LogP contribution is -2.38. The molecule has 2 rings (SSSR count). The quantitative estimate of drug-likeness (QED) is 0.210. The number of benzene rings is 1. The van der Waals surface area contributed by atoms with Crippen molar-refractivity contribution in [3.63, 3.8) is 0 Å². The van der Waals surface area contributed by atoms with Gasteiger partial charge in [-0.3, -0.25) is 29.1 Å². The third kappa shape index (κ3) is 8.93. The molecule has 0 spiro atoms. The lowest BCUT2D eigenvalue weighted by atomic mass is 9.97. The van der Waals surface area contributed by atoms with Crippen molar-refractivity contribution in [2.24, 2.45) is 5.92 Å². The van der Waals surface area contributed by atoms with E-state index in [1.165, 1.54) is 35.0 Å². The smallest absolute Gasteiger partial charge is 0.306 e. The summed E-state index contributed by atoms with van der Waals surface area (Å²) in [5.41, 5.74) is 1.17. The summed E-state index contributed by atoms with van der Waals surface area (Å²) in [6, 6.07) is 11.5. The molecule has 0 aliphatic carbocycles. The van der Waals surface area contributed by atoms with E-state index in [4.69, 9.17) is 10.00 Å². The molecule has 2 amide bonds. The van der Waals surface area contributed by atoms with E-state index in [-0.39, 0.29) is 37.7 Å². The van der Waals surface area contributed by atoms with E-state index in [0.717, 1.165) is 6.42 Å². The van der Waals surface area contributed by atoms with Gasteiger partial charge < -0.3 is 4.74 Å². The molecule has 2 aromatic rings. The third-order valence-electron chi connectivity index (χ3n) is 5.36. The highest BCUT2D eigenvalue weighted by Crippen LogP contribution is 2.20. The predicted molar refractivity (Wildman–Crippen MR) is 137 cm³/mol. The molecule has 0 aliphatic heterocycles. The topological polar surface area (TPSA) is 117 Å². The average Bonchev–Trinajstić information content (AvgIpc) is 2.91. The SMILES string of the molecule is CCCCC(=O)N(CCSCC(CC(=O)OCC)C(=O)c1cccnc1)C(=O)c1ccc(C#N)cc1. The highest BCUT2D eigenvalue weighted by Gasteiger charge is 2.26. The van der Waals surface area contributed by atoms with Gasteiger partial charge in [0.1, 0.15) is 0 Å². The molecule has 190 valence electrons. The lowest BCUT2D eigenvalue weighted by molar-refractivity contribution is -0.143. The molecular weight excluding hydrogens is 478 g/mol. The van der Waals surface area contributed by atoms with Gasteiger partial charge in [0.05, 0.1) is 24.7 Å². The van der Waals surface area contributed by atoms with Gasteiger partial charge in [-0.25, -0.2) is 0 Å². The molecule has 36 heavy (non-hydrogen) atoms. The van der Waals surface area contributed by atoms with E-state index in [2.05, 4.69) is 4.98 Å². The van der Waals surface area contributed by atoms with Crippen molar-refractivity contribution in [1.29, 1.82) is 5.26 Å². The van der Waals surface area contributed by atoms with Crippen LogP contribution in [-0.4, -0.2) is 58.1 Å². The fourth-order valence-corrected chi connectivity index (χ4v) is 4.45. The first-order valence-electron chi connectivity index (χ1n) is 11.9. The van der Waals surface area contributed by atoms with Gasteiger partial charge in [-0.05, 0) is 49.7 Å². The number of hydrogen-bond donors (Lipinski definition) is 0. The summed E-state index contributed by atoms with van der Waals surface area (Å²) in [7, 11) is 0. The van der Waals surface area contributed by atoms with Crippen molar-refractivity contribution in [1.82, 2.24) is 9.88 Å². The van der Waals surface area contributed by atoms with Gasteiger partial charge in [-0.2, -0.15) is 17.0 Å². The molecule has 0 fully saturated rings. The lowest BCUT2D eigenvalue weighted by Gasteiger charge is -2.22. The van der Waals surface area contributed by atoms with Crippen LogP contribution in [0.5, 0.6) is 0 Å². The van der Waals surface area contributed by atoms with E-state index < -0.39 is 17.8 Å². The highest BCUT2D eigenvalue weighted by atomic mass is 32.2. The Morgan fingerprint density at radius 3 is 2.47 bits per heavy atom. The van der Waals surface area contributed by atoms with Crippen molar-refractivity contribution in [3.05, 3.63) is 65.5 Å². The number of nitrogens with zero attached hydrogens (tertiary/aromatic N) is 3. The number of Topliss-reactive ketones (excluding diaryl/α,β-unsaturated/α-hetero) is 1. The standard InChI is InChI=1S/C27H31N3O5S/c1-3-5-8-24(31)30(27(34)21-11-9-20(17-28)10-12-21)14-15-36-19-23(16-25(32)35-4-2)26(33)22-7-6-13-29-18-22/h6-7,9-13,18,23H,3-5,8,14-16,19H2,1-2H3.